The first kappa shape index (κ1) is 15.3. The minimum atomic E-state index is 0.453. The van der Waals surface area contributed by atoms with Gasteiger partial charge in [0.05, 0.1) is 0 Å². The van der Waals surface area contributed by atoms with Gasteiger partial charge in [-0.1, -0.05) is 31.0 Å². The van der Waals surface area contributed by atoms with Crippen LogP contribution in [-0.2, 0) is 0 Å². The molecule has 0 aromatic heterocycles. The Morgan fingerprint density at radius 2 is 1.83 bits per heavy atom. The molecule has 5 aliphatic rings. The molecule has 2 nitrogen and oxygen atoms in total. The van der Waals surface area contributed by atoms with Crippen LogP contribution >= 0.6 is 0 Å². The van der Waals surface area contributed by atoms with Crippen molar-refractivity contribution < 1.29 is 0 Å². The summed E-state index contributed by atoms with van der Waals surface area (Å²) < 4.78 is 0. The molecule has 24 heavy (non-hydrogen) atoms. The zero-order valence-corrected chi connectivity index (χ0v) is 14.8. The van der Waals surface area contributed by atoms with Gasteiger partial charge in [0.2, 0.25) is 0 Å². The summed E-state index contributed by atoms with van der Waals surface area (Å²) in [4.78, 5) is 0. The lowest BCUT2D eigenvalue weighted by Crippen LogP contribution is -2.48. The van der Waals surface area contributed by atoms with Crippen molar-refractivity contribution in [1.82, 2.24) is 0 Å². The Bertz CT molecular complexity index is 593. The maximum absolute atomic E-state index is 6.33. The van der Waals surface area contributed by atoms with E-state index in [4.69, 9.17) is 5.73 Å². The fraction of sp³-hybridized carbons (Fsp3) is 0.727. The van der Waals surface area contributed by atoms with E-state index >= 15 is 0 Å². The molecule has 2 heteroatoms. The third-order valence-electron chi connectivity index (χ3n) is 8.39. The number of hydrogen-bond acceptors (Lipinski definition) is 2. The average molecular weight is 325 g/mol. The normalized spacial score (nSPS) is 41.9. The van der Waals surface area contributed by atoms with E-state index in [0.29, 0.717) is 16.9 Å². The molecule has 5 saturated carbocycles. The molecule has 0 aliphatic heterocycles. The number of benzene rings is 1. The van der Waals surface area contributed by atoms with E-state index in [1.165, 1.54) is 57.1 Å². The molecule has 4 bridgehead atoms. The first-order valence-corrected chi connectivity index (χ1v) is 10.3. The summed E-state index contributed by atoms with van der Waals surface area (Å²) in [6.45, 7) is 0.773. The van der Waals surface area contributed by atoms with Crippen molar-refractivity contribution in [2.45, 2.75) is 63.8 Å². The largest absolute Gasteiger partial charge is 0.380 e. The topological polar surface area (TPSA) is 38.0 Å². The summed E-state index contributed by atoms with van der Waals surface area (Å²) in [5.41, 5.74) is 8.75. The van der Waals surface area contributed by atoms with Crippen molar-refractivity contribution in [2.24, 2.45) is 34.3 Å². The zero-order valence-electron chi connectivity index (χ0n) is 14.8. The number of para-hydroxylation sites is 1. The second kappa shape index (κ2) is 5.49. The smallest absolute Gasteiger partial charge is 0.0440 e. The monoisotopic (exact) mass is 324 g/mol. The lowest BCUT2D eigenvalue weighted by Gasteiger charge is -2.47. The van der Waals surface area contributed by atoms with Gasteiger partial charge in [-0.15, -0.1) is 0 Å². The number of hydrogen-bond donors (Lipinski definition) is 2. The predicted molar refractivity (Wildman–Crippen MR) is 99.8 cm³/mol. The van der Waals surface area contributed by atoms with Gasteiger partial charge in [0.25, 0.3) is 0 Å². The van der Waals surface area contributed by atoms with Crippen molar-refractivity contribution in [3.8, 4) is 0 Å². The highest BCUT2D eigenvalue weighted by Crippen LogP contribution is 2.75. The Morgan fingerprint density at radius 3 is 2.58 bits per heavy atom. The van der Waals surface area contributed by atoms with Gasteiger partial charge in [-0.05, 0) is 85.7 Å². The van der Waals surface area contributed by atoms with Gasteiger partial charge < -0.3 is 11.1 Å². The first-order valence-electron chi connectivity index (χ1n) is 10.3. The maximum Gasteiger partial charge on any atom is 0.0440 e. The van der Waals surface area contributed by atoms with Crippen LogP contribution in [0.1, 0.15) is 57.8 Å². The molecule has 5 aliphatic carbocycles. The quantitative estimate of drug-likeness (QED) is 0.815. The fourth-order valence-corrected chi connectivity index (χ4v) is 7.78. The highest BCUT2D eigenvalue weighted by molar-refractivity contribution is 5.44. The van der Waals surface area contributed by atoms with E-state index < -0.39 is 0 Å². The van der Waals surface area contributed by atoms with Gasteiger partial charge in [-0.25, -0.2) is 0 Å². The van der Waals surface area contributed by atoms with E-state index in [1.807, 2.05) is 0 Å². The summed E-state index contributed by atoms with van der Waals surface area (Å²) in [6, 6.07) is 11.2. The molecular weight excluding hydrogens is 292 g/mol. The molecule has 1 aromatic rings. The van der Waals surface area contributed by atoms with Crippen LogP contribution in [0.25, 0.3) is 0 Å². The fourth-order valence-electron chi connectivity index (χ4n) is 7.78. The summed E-state index contributed by atoms with van der Waals surface area (Å²) in [7, 11) is 0. The average Bonchev–Trinajstić information content (AvgIpc) is 3.27. The van der Waals surface area contributed by atoms with Gasteiger partial charge in [0.1, 0.15) is 0 Å². The van der Waals surface area contributed by atoms with Crippen molar-refractivity contribution in [1.29, 1.82) is 0 Å². The number of rotatable bonds is 5. The molecule has 5 fully saturated rings. The van der Waals surface area contributed by atoms with E-state index in [2.05, 4.69) is 35.6 Å². The molecule has 5 unspecified atom stereocenters. The minimum Gasteiger partial charge on any atom is -0.380 e. The SMILES string of the molecule is NCC(Nc1ccccc1)C12CC3CC(C1)C(C1CCCC1)(C3)C2. The lowest BCUT2D eigenvalue weighted by molar-refractivity contribution is 0.0609. The molecule has 0 radical (unpaired) electrons. The first-order chi connectivity index (χ1) is 11.7. The van der Waals surface area contributed by atoms with Crippen LogP contribution in [0.2, 0.25) is 0 Å². The number of nitrogens with one attached hydrogen (secondary N) is 1. The molecule has 0 amide bonds. The van der Waals surface area contributed by atoms with Gasteiger partial charge in [-0.2, -0.15) is 0 Å². The Kier molecular flexibility index (Phi) is 3.49. The molecule has 5 atom stereocenters. The van der Waals surface area contributed by atoms with Crippen molar-refractivity contribution in [2.75, 3.05) is 11.9 Å². The van der Waals surface area contributed by atoms with Crippen molar-refractivity contribution >= 4 is 5.69 Å². The summed E-state index contributed by atoms with van der Waals surface area (Å²) >= 11 is 0. The predicted octanol–water partition coefficient (Wildman–Crippen LogP) is 4.81. The van der Waals surface area contributed by atoms with Crippen molar-refractivity contribution in [3.05, 3.63) is 30.3 Å². The van der Waals surface area contributed by atoms with Crippen LogP contribution in [0.3, 0.4) is 0 Å². The van der Waals surface area contributed by atoms with Gasteiger partial charge in [-0.3, -0.25) is 0 Å². The van der Waals surface area contributed by atoms with E-state index in [-0.39, 0.29) is 0 Å². The molecule has 0 heterocycles. The lowest BCUT2D eigenvalue weighted by atomic mass is 9.60. The molecule has 3 N–H and O–H groups in total. The number of nitrogens with two attached hydrogens (primary N) is 1. The molecule has 1 aromatic carbocycles. The molecule has 0 spiro atoms. The summed E-state index contributed by atoms with van der Waals surface area (Å²) in [5, 5.41) is 3.84. The minimum absolute atomic E-state index is 0.453. The van der Waals surface area contributed by atoms with Crippen LogP contribution in [0, 0.1) is 28.6 Å². The second-order valence-corrected chi connectivity index (χ2v) is 9.46. The third kappa shape index (κ3) is 2.11. The molecular formula is C22H32N2. The standard InChI is InChI=1S/C22H32N2/c23-14-20(24-19-8-2-1-3-9-19)21-11-16-10-18(13-21)22(12-16,15-21)17-6-4-5-7-17/h1-3,8-9,16-18,20,24H,4-7,10-15,23H2. The number of anilines is 1. The summed E-state index contributed by atoms with van der Waals surface area (Å²) in [5.74, 6) is 3.03. The molecule has 130 valence electrons. The summed E-state index contributed by atoms with van der Waals surface area (Å²) in [6.07, 6.45) is 13.4. The Labute approximate surface area is 146 Å². The van der Waals surface area contributed by atoms with E-state index in [1.54, 1.807) is 6.42 Å². The van der Waals surface area contributed by atoms with Gasteiger partial charge >= 0.3 is 0 Å². The Hall–Kier alpha value is -1.02. The van der Waals surface area contributed by atoms with E-state index in [0.717, 1.165) is 24.3 Å². The van der Waals surface area contributed by atoms with Crippen molar-refractivity contribution in [3.63, 3.8) is 0 Å². The second-order valence-electron chi connectivity index (χ2n) is 9.46. The zero-order chi connectivity index (χ0) is 16.2. The van der Waals surface area contributed by atoms with Gasteiger partial charge in [0.15, 0.2) is 0 Å². The maximum atomic E-state index is 6.33. The van der Waals surface area contributed by atoms with Crippen LogP contribution in [-0.4, -0.2) is 12.6 Å². The van der Waals surface area contributed by atoms with Crippen LogP contribution < -0.4 is 11.1 Å². The van der Waals surface area contributed by atoms with Gasteiger partial charge in [0, 0.05) is 18.3 Å². The Balaban J connectivity index is 1.43. The highest BCUT2D eigenvalue weighted by atomic mass is 15.0. The third-order valence-corrected chi connectivity index (χ3v) is 8.39. The van der Waals surface area contributed by atoms with Crippen LogP contribution in [0.4, 0.5) is 5.69 Å². The molecule has 6 rings (SSSR count). The Morgan fingerprint density at radius 1 is 1.04 bits per heavy atom. The van der Waals surface area contributed by atoms with Crippen LogP contribution in [0.5, 0.6) is 0 Å². The van der Waals surface area contributed by atoms with Crippen LogP contribution in [0.15, 0.2) is 30.3 Å². The molecule has 0 saturated heterocycles. The highest BCUT2D eigenvalue weighted by Gasteiger charge is 2.67. The van der Waals surface area contributed by atoms with E-state index in [9.17, 15) is 0 Å².